The zero-order chi connectivity index (χ0) is 20.3. The summed E-state index contributed by atoms with van der Waals surface area (Å²) in [6.07, 6.45) is 0.212. The second kappa shape index (κ2) is 7.67. The van der Waals surface area contributed by atoms with Gasteiger partial charge in [-0.1, -0.05) is 24.3 Å². The van der Waals surface area contributed by atoms with E-state index in [1.54, 1.807) is 13.0 Å². The molecule has 0 bridgehead atoms. The van der Waals surface area contributed by atoms with Crippen LogP contribution in [0.25, 0.3) is 0 Å². The highest BCUT2D eigenvalue weighted by atomic mass is 19.1. The molecule has 1 atom stereocenters. The molecular formula is C20H20FN3O4. The van der Waals surface area contributed by atoms with Crippen molar-refractivity contribution in [3.05, 3.63) is 59.9 Å². The molecular weight excluding hydrogens is 365 g/mol. The summed E-state index contributed by atoms with van der Waals surface area (Å²) in [7, 11) is 1.53. The van der Waals surface area contributed by atoms with Crippen LogP contribution in [0, 0.1) is 5.82 Å². The van der Waals surface area contributed by atoms with E-state index in [0.717, 1.165) is 16.5 Å². The Balaban J connectivity index is 1.71. The highest BCUT2D eigenvalue weighted by molar-refractivity contribution is 6.10. The van der Waals surface area contributed by atoms with Gasteiger partial charge in [0.15, 0.2) is 0 Å². The Morgan fingerprint density at radius 2 is 1.96 bits per heavy atom. The molecule has 146 valence electrons. The fourth-order valence-corrected chi connectivity index (χ4v) is 3.15. The van der Waals surface area contributed by atoms with Crippen LogP contribution in [-0.2, 0) is 16.0 Å². The number of hydrogen-bond donors (Lipinski definition) is 2. The Hall–Kier alpha value is -3.42. The van der Waals surface area contributed by atoms with Crippen LogP contribution >= 0.6 is 0 Å². The van der Waals surface area contributed by atoms with Crippen LogP contribution in [0.1, 0.15) is 12.5 Å². The first-order chi connectivity index (χ1) is 13.3. The second-order valence-electron chi connectivity index (χ2n) is 6.70. The largest absolute Gasteiger partial charge is 0.496 e. The van der Waals surface area contributed by atoms with E-state index in [9.17, 15) is 18.8 Å². The van der Waals surface area contributed by atoms with Crippen LogP contribution in [-0.4, -0.2) is 41.9 Å². The average Bonchev–Trinajstić information content (AvgIpc) is 2.85. The van der Waals surface area contributed by atoms with Crippen LogP contribution in [0.4, 0.5) is 14.9 Å². The number of imide groups is 1. The number of anilines is 1. The quantitative estimate of drug-likeness (QED) is 0.747. The summed E-state index contributed by atoms with van der Waals surface area (Å²) in [6, 6.07) is 11.9. The first kappa shape index (κ1) is 19.3. The first-order valence-electron chi connectivity index (χ1n) is 8.64. The maximum atomic E-state index is 13.2. The number of para-hydroxylation sites is 1. The van der Waals surface area contributed by atoms with Crippen LogP contribution in [0.3, 0.4) is 0 Å². The molecule has 1 saturated heterocycles. The first-order valence-corrected chi connectivity index (χ1v) is 8.64. The van der Waals surface area contributed by atoms with E-state index in [-0.39, 0.29) is 12.1 Å². The predicted molar refractivity (Wildman–Crippen MR) is 100 cm³/mol. The van der Waals surface area contributed by atoms with Crippen molar-refractivity contribution >= 4 is 23.5 Å². The van der Waals surface area contributed by atoms with Crippen molar-refractivity contribution in [2.75, 3.05) is 19.0 Å². The highest BCUT2D eigenvalue weighted by Crippen LogP contribution is 2.27. The molecule has 4 amide bonds. The molecule has 1 aliphatic rings. The molecule has 0 unspecified atom stereocenters. The van der Waals surface area contributed by atoms with Crippen LogP contribution < -0.4 is 15.4 Å². The minimum Gasteiger partial charge on any atom is -0.496 e. The summed E-state index contributed by atoms with van der Waals surface area (Å²) >= 11 is 0. The minimum absolute atomic E-state index is 0.212. The number of amides is 4. The second-order valence-corrected chi connectivity index (χ2v) is 6.70. The molecule has 2 N–H and O–H groups in total. The molecule has 1 aliphatic heterocycles. The number of carbonyl (C=O) groups is 3. The number of ether oxygens (including phenoxy) is 1. The van der Waals surface area contributed by atoms with Gasteiger partial charge >= 0.3 is 6.03 Å². The van der Waals surface area contributed by atoms with Crippen molar-refractivity contribution in [2.45, 2.75) is 18.9 Å². The van der Waals surface area contributed by atoms with Crippen molar-refractivity contribution in [1.82, 2.24) is 10.2 Å². The fourth-order valence-electron chi connectivity index (χ4n) is 3.15. The maximum absolute atomic E-state index is 13.2. The van der Waals surface area contributed by atoms with E-state index in [2.05, 4.69) is 10.6 Å². The zero-order valence-electron chi connectivity index (χ0n) is 15.5. The summed E-state index contributed by atoms with van der Waals surface area (Å²) < 4.78 is 18.5. The number of hydrogen-bond acceptors (Lipinski definition) is 4. The SMILES string of the molecule is COc1ccccc1C[C@@]1(C)NC(=O)N(CC(=O)Nc2cccc(F)c2)C1=O. The smallest absolute Gasteiger partial charge is 0.325 e. The van der Waals surface area contributed by atoms with Gasteiger partial charge < -0.3 is 15.4 Å². The third-order valence-electron chi connectivity index (χ3n) is 4.49. The Morgan fingerprint density at radius 1 is 1.21 bits per heavy atom. The minimum atomic E-state index is -1.20. The van der Waals surface area contributed by atoms with Crippen LogP contribution in [0.15, 0.2) is 48.5 Å². The number of nitrogens with zero attached hydrogens (tertiary/aromatic N) is 1. The van der Waals surface area contributed by atoms with Crippen LogP contribution in [0.2, 0.25) is 0 Å². The highest BCUT2D eigenvalue weighted by Gasteiger charge is 2.48. The number of methoxy groups -OCH3 is 1. The zero-order valence-corrected chi connectivity index (χ0v) is 15.5. The van der Waals surface area contributed by atoms with E-state index in [4.69, 9.17) is 4.74 Å². The summed E-state index contributed by atoms with van der Waals surface area (Å²) in [5, 5.41) is 5.12. The Kier molecular flexibility index (Phi) is 5.30. The number of rotatable bonds is 6. The molecule has 2 aromatic rings. The lowest BCUT2D eigenvalue weighted by Gasteiger charge is -2.22. The summed E-state index contributed by atoms with van der Waals surface area (Å²) in [6.45, 7) is 1.13. The van der Waals surface area contributed by atoms with Gasteiger partial charge in [-0.2, -0.15) is 0 Å². The van der Waals surface area contributed by atoms with Gasteiger partial charge in [-0.05, 0) is 36.8 Å². The molecule has 1 fully saturated rings. The lowest BCUT2D eigenvalue weighted by Crippen LogP contribution is -2.46. The van der Waals surface area contributed by atoms with Gasteiger partial charge in [0.1, 0.15) is 23.7 Å². The number of carbonyl (C=O) groups excluding carboxylic acids is 3. The lowest BCUT2D eigenvalue weighted by molar-refractivity contribution is -0.133. The van der Waals surface area contributed by atoms with Crippen molar-refractivity contribution in [3.63, 3.8) is 0 Å². The summed E-state index contributed by atoms with van der Waals surface area (Å²) in [5.74, 6) is -1.02. The van der Waals surface area contributed by atoms with Gasteiger partial charge in [-0.15, -0.1) is 0 Å². The molecule has 0 saturated carbocycles. The molecule has 3 rings (SSSR count). The molecule has 0 aliphatic carbocycles. The molecule has 1 heterocycles. The molecule has 0 radical (unpaired) electrons. The van der Waals surface area contributed by atoms with Gasteiger partial charge in [-0.25, -0.2) is 9.18 Å². The van der Waals surface area contributed by atoms with Crippen molar-refractivity contribution < 1.29 is 23.5 Å². The Morgan fingerprint density at radius 3 is 2.68 bits per heavy atom. The van der Waals surface area contributed by atoms with E-state index in [0.29, 0.717) is 5.75 Å². The topological polar surface area (TPSA) is 87.7 Å². The fraction of sp³-hybridized carbons (Fsp3) is 0.250. The lowest BCUT2D eigenvalue weighted by atomic mass is 9.92. The molecule has 2 aromatic carbocycles. The van der Waals surface area contributed by atoms with Gasteiger partial charge in [0.05, 0.1) is 7.11 Å². The van der Waals surface area contributed by atoms with Gasteiger partial charge in [0.25, 0.3) is 5.91 Å². The normalized spacial score (nSPS) is 18.8. The summed E-state index contributed by atoms with van der Waals surface area (Å²) in [5.41, 5.74) is -0.203. The van der Waals surface area contributed by atoms with Crippen LogP contribution in [0.5, 0.6) is 5.75 Å². The average molecular weight is 385 g/mol. The van der Waals surface area contributed by atoms with Crippen molar-refractivity contribution in [2.24, 2.45) is 0 Å². The summed E-state index contributed by atoms with van der Waals surface area (Å²) in [4.78, 5) is 38.2. The monoisotopic (exact) mass is 385 g/mol. The Bertz CT molecular complexity index is 933. The van der Waals surface area contributed by atoms with Crippen molar-refractivity contribution in [3.8, 4) is 5.75 Å². The van der Waals surface area contributed by atoms with Gasteiger partial charge in [0, 0.05) is 12.1 Å². The number of benzene rings is 2. The predicted octanol–water partition coefficient (Wildman–Crippen LogP) is 2.33. The van der Waals surface area contributed by atoms with Gasteiger partial charge in [0.2, 0.25) is 5.91 Å². The maximum Gasteiger partial charge on any atom is 0.325 e. The van der Waals surface area contributed by atoms with E-state index in [1.807, 2.05) is 18.2 Å². The van der Waals surface area contributed by atoms with Crippen molar-refractivity contribution in [1.29, 1.82) is 0 Å². The molecule has 7 nitrogen and oxygen atoms in total. The van der Waals surface area contributed by atoms with E-state index < -0.39 is 35.7 Å². The van der Waals surface area contributed by atoms with Gasteiger partial charge in [-0.3, -0.25) is 14.5 Å². The van der Waals surface area contributed by atoms with E-state index >= 15 is 0 Å². The number of halogens is 1. The Labute approximate surface area is 161 Å². The standard InChI is InChI=1S/C20H20FN3O4/c1-20(11-13-6-3-4-9-16(13)28-2)18(26)24(19(27)23-20)12-17(25)22-15-8-5-7-14(21)10-15/h3-10H,11-12H2,1-2H3,(H,22,25)(H,23,27)/t20-/m1/s1. The number of nitrogens with one attached hydrogen (secondary N) is 2. The molecule has 28 heavy (non-hydrogen) atoms. The van der Waals surface area contributed by atoms with E-state index in [1.165, 1.54) is 25.3 Å². The molecule has 0 aromatic heterocycles. The molecule has 0 spiro atoms. The third-order valence-corrected chi connectivity index (χ3v) is 4.49. The number of urea groups is 1. The third kappa shape index (κ3) is 3.95. The molecule has 8 heteroatoms.